The van der Waals surface area contributed by atoms with Gasteiger partial charge in [0, 0.05) is 61.6 Å². The van der Waals surface area contributed by atoms with Gasteiger partial charge in [-0.2, -0.15) is 4.98 Å². The molecule has 49 heavy (non-hydrogen) atoms. The minimum atomic E-state index is -3.34. The Bertz CT molecular complexity index is 1960. The standard InChI is InChI=1S/C35H45N7O5S2/c1-24-20-29(48(44)19-17-39(2)3)10-11-30(24)31-21-26-22-36-35(37-27-8-6-25(7-9-27)32-23-40(4)16-18-47-32)38-33(26)42(34(31)43)28-12-14-41(15-13-28)49(5,45)46/h6-11,20-22,28,32H,12-19,23H2,1-5H3,(H,36,37,38). The summed E-state index contributed by atoms with van der Waals surface area (Å²) in [7, 11) is 2.65. The maximum Gasteiger partial charge on any atom is 0.260 e. The van der Waals surface area contributed by atoms with E-state index in [1.165, 1.54) is 10.6 Å². The van der Waals surface area contributed by atoms with Crippen LogP contribution in [0.4, 0.5) is 11.6 Å². The van der Waals surface area contributed by atoms with Crippen molar-refractivity contribution in [2.24, 2.45) is 0 Å². The fraction of sp³-hybridized carbons (Fsp3) is 0.457. The van der Waals surface area contributed by atoms with Gasteiger partial charge in [0.15, 0.2) is 4.90 Å². The minimum absolute atomic E-state index is 0.0209. The van der Waals surface area contributed by atoms with Crippen LogP contribution in [-0.4, -0.2) is 114 Å². The van der Waals surface area contributed by atoms with Gasteiger partial charge in [-0.25, -0.2) is 17.7 Å². The Hall–Kier alpha value is -3.37. The molecule has 2 aromatic heterocycles. The van der Waals surface area contributed by atoms with E-state index >= 15 is 0 Å². The quantitative estimate of drug-likeness (QED) is 0.243. The lowest BCUT2D eigenvalue weighted by atomic mass is 9.99. The molecule has 2 saturated heterocycles. The average molecular weight is 708 g/mol. The third kappa shape index (κ3) is 8.17. The van der Waals surface area contributed by atoms with Gasteiger partial charge in [0.1, 0.15) is 11.4 Å². The summed E-state index contributed by atoms with van der Waals surface area (Å²) in [5.74, 6) is 0.870. The number of nitrogens with one attached hydrogen (secondary N) is 1. The molecular weight excluding hydrogens is 663 g/mol. The molecule has 2 fully saturated rings. The number of morpholine rings is 1. The fourth-order valence-electron chi connectivity index (χ4n) is 6.50. The van der Waals surface area contributed by atoms with Crippen LogP contribution >= 0.6 is 0 Å². The van der Waals surface area contributed by atoms with E-state index in [0.29, 0.717) is 67.4 Å². The van der Waals surface area contributed by atoms with Gasteiger partial charge in [0.2, 0.25) is 16.0 Å². The second-order valence-corrected chi connectivity index (χ2v) is 16.9. The molecule has 2 atom stereocenters. The highest BCUT2D eigenvalue weighted by Crippen LogP contribution is 2.31. The Labute approximate surface area is 291 Å². The second kappa shape index (κ2) is 14.9. The molecule has 2 aliphatic heterocycles. The van der Waals surface area contributed by atoms with Gasteiger partial charge >= 0.3 is 0 Å². The van der Waals surface area contributed by atoms with Crippen molar-refractivity contribution in [3.63, 3.8) is 0 Å². The third-order valence-electron chi connectivity index (χ3n) is 9.31. The number of likely N-dealkylation sites (N-methyl/N-ethyl adjacent to an activating group) is 1. The van der Waals surface area contributed by atoms with Gasteiger partial charge in [-0.05, 0) is 105 Å². The Morgan fingerprint density at radius 1 is 1.06 bits per heavy atom. The number of sulfonamides is 1. The second-order valence-electron chi connectivity index (χ2n) is 13.3. The zero-order valence-corrected chi connectivity index (χ0v) is 30.4. The molecular formula is C35H45N7O5S2. The maximum atomic E-state index is 14.5. The Kier molecular flexibility index (Phi) is 10.7. The van der Waals surface area contributed by atoms with Crippen molar-refractivity contribution in [2.45, 2.75) is 36.8 Å². The molecule has 14 heteroatoms. The van der Waals surface area contributed by atoms with Crippen LogP contribution in [0.3, 0.4) is 0 Å². The molecule has 12 nitrogen and oxygen atoms in total. The first kappa shape index (κ1) is 35.5. The van der Waals surface area contributed by atoms with Crippen molar-refractivity contribution in [3.8, 4) is 11.1 Å². The van der Waals surface area contributed by atoms with Gasteiger partial charge in [-0.3, -0.25) is 9.36 Å². The highest BCUT2D eigenvalue weighted by Gasteiger charge is 2.29. The predicted molar refractivity (Wildman–Crippen MR) is 194 cm³/mol. The first-order valence-electron chi connectivity index (χ1n) is 16.6. The van der Waals surface area contributed by atoms with Crippen molar-refractivity contribution in [3.05, 3.63) is 76.2 Å². The summed E-state index contributed by atoms with van der Waals surface area (Å²) in [4.78, 5) is 28.9. The molecule has 2 aromatic carbocycles. The van der Waals surface area contributed by atoms with Crippen molar-refractivity contribution in [2.75, 3.05) is 77.8 Å². The molecule has 6 rings (SSSR count). The number of piperidine rings is 1. The number of hydrogen-bond acceptors (Lipinski definition) is 10. The van der Waals surface area contributed by atoms with Crippen LogP contribution in [-0.2, 0) is 25.9 Å². The van der Waals surface area contributed by atoms with E-state index in [1.807, 2.05) is 74.4 Å². The predicted octanol–water partition coefficient (Wildman–Crippen LogP) is 3.78. The first-order chi connectivity index (χ1) is 23.4. The Morgan fingerprint density at radius 2 is 1.80 bits per heavy atom. The molecule has 0 spiro atoms. The SMILES string of the molecule is Cc1cc([S+]([O-])CCN(C)C)ccc1-c1cc2cnc(Nc3ccc(C4CN(C)CCO4)cc3)nc2n(C2CCN(S(C)(=O)=O)CC2)c1=O. The van der Waals surface area contributed by atoms with Crippen molar-refractivity contribution in [1.29, 1.82) is 0 Å². The van der Waals surface area contributed by atoms with E-state index in [4.69, 9.17) is 9.72 Å². The number of hydrogen-bond donors (Lipinski definition) is 1. The largest absolute Gasteiger partial charge is 0.611 e. The number of benzene rings is 2. The Balaban J connectivity index is 1.35. The van der Waals surface area contributed by atoms with Crippen molar-refractivity contribution in [1.82, 2.24) is 28.6 Å². The van der Waals surface area contributed by atoms with Crippen molar-refractivity contribution < 1.29 is 17.7 Å². The number of rotatable bonds is 10. The van der Waals surface area contributed by atoms with E-state index in [9.17, 15) is 17.8 Å². The topological polar surface area (TPSA) is 136 Å². The summed E-state index contributed by atoms with van der Waals surface area (Å²) in [6.07, 6.45) is 3.90. The summed E-state index contributed by atoms with van der Waals surface area (Å²) in [6.45, 7) is 5.72. The highest BCUT2D eigenvalue weighted by molar-refractivity contribution is 7.91. The fourth-order valence-corrected chi connectivity index (χ4v) is 8.67. The summed E-state index contributed by atoms with van der Waals surface area (Å²) in [6, 6.07) is 15.2. The molecule has 0 saturated carbocycles. The monoisotopic (exact) mass is 707 g/mol. The normalized spacial score (nSPS) is 19.0. The van der Waals surface area contributed by atoms with Crippen LogP contribution in [0.5, 0.6) is 0 Å². The molecule has 4 heterocycles. The van der Waals surface area contributed by atoms with E-state index in [-0.39, 0.29) is 17.7 Å². The smallest absolute Gasteiger partial charge is 0.260 e. The van der Waals surface area contributed by atoms with E-state index in [0.717, 1.165) is 40.4 Å². The first-order valence-corrected chi connectivity index (χ1v) is 19.7. The summed E-state index contributed by atoms with van der Waals surface area (Å²) < 4.78 is 46.6. The number of ether oxygens (including phenoxy) is 1. The molecule has 262 valence electrons. The number of pyridine rings is 1. The molecule has 4 aromatic rings. The number of nitrogens with zero attached hydrogens (tertiary/aromatic N) is 6. The third-order valence-corrected chi connectivity index (χ3v) is 12.0. The van der Waals surface area contributed by atoms with Crippen molar-refractivity contribution >= 4 is 43.9 Å². The summed E-state index contributed by atoms with van der Waals surface area (Å²) >= 11 is -1.16. The lowest BCUT2D eigenvalue weighted by molar-refractivity contribution is -0.0208. The lowest BCUT2D eigenvalue weighted by Crippen LogP contribution is -2.40. The molecule has 2 unspecified atom stereocenters. The van der Waals surface area contributed by atoms with Crippen LogP contribution in [0, 0.1) is 6.92 Å². The van der Waals surface area contributed by atoms with E-state index in [1.54, 1.807) is 10.8 Å². The molecule has 0 aliphatic carbocycles. The minimum Gasteiger partial charge on any atom is -0.611 e. The number of aromatic nitrogens is 3. The van der Waals surface area contributed by atoms with Crippen LogP contribution in [0.25, 0.3) is 22.2 Å². The van der Waals surface area contributed by atoms with Crippen LogP contribution in [0.1, 0.15) is 36.1 Å². The number of aryl methyl sites for hydroxylation is 1. The van der Waals surface area contributed by atoms with E-state index < -0.39 is 21.2 Å². The summed E-state index contributed by atoms with van der Waals surface area (Å²) in [5.41, 5.74) is 4.27. The van der Waals surface area contributed by atoms with Crippen LogP contribution in [0.2, 0.25) is 0 Å². The van der Waals surface area contributed by atoms with Gasteiger partial charge in [0.25, 0.3) is 5.56 Å². The molecule has 0 bridgehead atoms. The van der Waals surface area contributed by atoms with Gasteiger partial charge < -0.3 is 24.4 Å². The Morgan fingerprint density at radius 3 is 2.45 bits per heavy atom. The molecule has 0 amide bonds. The lowest BCUT2D eigenvalue weighted by Gasteiger charge is -2.32. The molecule has 1 N–H and O–H groups in total. The molecule has 2 aliphatic rings. The maximum absolute atomic E-state index is 14.5. The zero-order chi connectivity index (χ0) is 34.9. The zero-order valence-electron chi connectivity index (χ0n) is 28.8. The highest BCUT2D eigenvalue weighted by atomic mass is 32.2. The van der Waals surface area contributed by atoms with Gasteiger partial charge in [0.05, 0.1) is 19.0 Å². The molecule has 0 radical (unpaired) electrons. The van der Waals surface area contributed by atoms with Gasteiger partial charge in [-0.15, -0.1) is 0 Å². The number of anilines is 2. The summed E-state index contributed by atoms with van der Waals surface area (Å²) in [5, 5.41) is 3.98. The van der Waals surface area contributed by atoms with Crippen LogP contribution in [0.15, 0.2) is 64.4 Å². The number of fused-ring (bicyclic) bond motifs is 1. The van der Waals surface area contributed by atoms with Gasteiger partial charge in [-0.1, -0.05) is 12.1 Å². The van der Waals surface area contributed by atoms with E-state index in [2.05, 4.69) is 22.2 Å². The average Bonchev–Trinajstić information content (AvgIpc) is 3.07. The van der Waals surface area contributed by atoms with Crippen LogP contribution < -0.4 is 10.9 Å².